The molecule has 0 spiro atoms. The maximum atomic E-state index is 14.4. The van der Waals surface area contributed by atoms with Crippen molar-refractivity contribution >= 4 is 84.0 Å². The number of amides is 5. The predicted octanol–water partition coefficient (Wildman–Crippen LogP) is 3.57. The van der Waals surface area contributed by atoms with Crippen molar-refractivity contribution in [1.82, 2.24) is 46.4 Å². The van der Waals surface area contributed by atoms with Crippen LogP contribution in [0.5, 0.6) is 5.75 Å². The molecule has 5 amide bonds. The van der Waals surface area contributed by atoms with Crippen LogP contribution in [0.3, 0.4) is 0 Å². The Morgan fingerprint density at radius 3 is 2.10 bits per heavy atom. The van der Waals surface area contributed by atoms with Crippen LogP contribution in [0.1, 0.15) is 126 Å². The summed E-state index contributed by atoms with van der Waals surface area (Å²) >= 11 is 1.17. The number of carbonyl (C=O) groups is 9. The van der Waals surface area contributed by atoms with Crippen LogP contribution in [0.2, 0.25) is 0 Å². The van der Waals surface area contributed by atoms with Crippen LogP contribution < -0.4 is 37.0 Å². The van der Waals surface area contributed by atoms with E-state index in [1.807, 2.05) is 52.5 Å². The third-order valence-corrected chi connectivity index (χ3v) is 15.7. The lowest BCUT2D eigenvalue weighted by Gasteiger charge is -2.37. The van der Waals surface area contributed by atoms with E-state index >= 15 is 0 Å². The number of nitrogens with zero attached hydrogens (tertiary/aromatic N) is 3. The Hall–Kier alpha value is -7.07. The zero-order valence-electron chi connectivity index (χ0n) is 48.6. The number of likely N-dealkylation sites (tertiary alicyclic amines) is 1. The Balaban J connectivity index is 0.00000785. The predicted molar refractivity (Wildman–Crippen MR) is 305 cm³/mol. The first-order valence-electron chi connectivity index (χ1n) is 27.3. The number of esters is 1. The van der Waals surface area contributed by atoms with E-state index in [0.29, 0.717) is 54.1 Å². The maximum Gasteiger partial charge on any atom is 0.373 e. The monoisotopic (exact) mass is 1220 g/mol. The molecular formula is C54H81N10O18PS. The van der Waals surface area contributed by atoms with Crippen LogP contribution in [-0.4, -0.2) is 161 Å². The lowest BCUT2D eigenvalue weighted by atomic mass is 9.83. The molecule has 84 heavy (non-hydrogen) atoms. The quantitative estimate of drug-likeness (QED) is 0.0115. The molecule has 1 aliphatic rings. The van der Waals surface area contributed by atoms with Gasteiger partial charge in [0.1, 0.15) is 16.5 Å². The second kappa shape index (κ2) is 38.7. The van der Waals surface area contributed by atoms with Crippen LogP contribution in [0, 0.1) is 17.8 Å². The van der Waals surface area contributed by atoms with Crippen LogP contribution in [-0.2, 0) is 73.1 Å². The number of anilines is 1. The molecule has 0 bridgehead atoms. The topological polar surface area (TPSA) is 397 Å². The summed E-state index contributed by atoms with van der Waals surface area (Å²) in [4.78, 5) is 137. The summed E-state index contributed by atoms with van der Waals surface area (Å²) in [6.07, 6.45) is 7.10. The van der Waals surface area contributed by atoms with Crippen molar-refractivity contribution in [1.29, 1.82) is 0 Å². The zero-order valence-corrected chi connectivity index (χ0v) is 50.3. The van der Waals surface area contributed by atoms with Gasteiger partial charge in [-0.3, -0.25) is 53.9 Å². The number of hydrogen-bond donors (Lipinski definition) is 10. The summed E-state index contributed by atoms with van der Waals surface area (Å²) in [6.45, 7) is 11.9. The third-order valence-electron chi connectivity index (χ3n) is 13.3. The molecule has 0 radical (unpaired) electrons. The molecule has 1 aromatic carbocycles. The minimum Gasteiger partial charge on any atom is -0.506 e. The van der Waals surface area contributed by atoms with Gasteiger partial charge in [-0.05, 0) is 68.8 Å². The van der Waals surface area contributed by atoms with Gasteiger partial charge in [0.25, 0.3) is 17.7 Å². The molecule has 10 N–H and O–H groups in total. The Bertz CT molecular complexity index is 2620. The minimum atomic E-state index is -4.08. The van der Waals surface area contributed by atoms with Gasteiger partial charge in [-0.25, -0.2) is 19.7 Å². The molecule has 0 aliphatic carbocycles. The number of likely N-dealkylation sites (N-methyl/N-ethyl adjacent to an activating group) is 1. The van der Waals surface area contributed by atoms with Crippen LogP contribution in [0.25, 0.3) is 0 Å². The zero-order chi connectivity index (χ0) is 62.9. The Labute approximate surface area is 492 Å². The van der Waals surface area contributed by atoms with Gasteiger partial charge in [-0.1, -0.05) is 59.9 Å². The first kappa shape index (κ1) is 73.0. The summed E-state index contributed by atoms with van der Waals surface area (Å²) in [5.74, 6) is -7.18. The third kappa shape index (κ3) is 27.5. The standard InChI is InChI=1S/C53H81N10O16PS.CO2/c1-9-13-37(55-51(74)40-32-81-52(57-40)45(79-35(6)64)31-42(33(3)4)63(8)53(75)38(34(5)10-2)30-44(66)41-14-11-12-23-62(41)7)28-36-15-16-43(65)39(29-36)56-46(67)21-24-77-26-27-78-25-22-54-80(76,60-58-47(68)17-19-49(70)71)61-59-48(69)18-20-50(72)73;2-1-3/h15-20,29,32-34,37-38,41-42,45,65H,9-14,21-28,30-31H2,1-8H3,(H,55,74)(H,56,67)(H,58,68)(H,59,69)(H,70,71)(H,72,73)(H3,54,60,61,76);/b19-17-,20-18-;/t34-,37+,38-,41+,42+,45+;/m0./s1. The summed E-state index contributed by atoms with van der Waals surface area (Å²) in [5, 5.41) is 42.5. The number of carbonyl (C=O) groups excluding carboxylic acids is 9. The van der Waals surface area contributed by atoms with Gasteiger partial charge in [0.2, 0.25) is 11.8 Å². The number of nitrogens with one attached hydrogen (secondary N) is 7. The second-order valence-electron chi connectivity index (χ2n) is 20.0. The number of ketones is 1. The fourth-order valence-corrected chi connectivity index (χ4v) is 10.8. The lowest BCUT2D eigenvalue weighted by molar-refractivity contribution is -0.192. The molecule has 1 saturated heterocycles. The van der Waals surface area contributed by atoms with E-state index in [-0.39, 0.29) is 111 Å². The van der Waals surface area contributed by atoms with Gasteiger partial charge in [0, 0.05) is 81.0 Å². The molecule has 28 nitrogen and oxygen atoms in total. The SMILES string of the molecule is CCC[C@H](Cc1ccc(O)c(NC(=O)CCOCCOCCNP(=O)(NNC(=O)/C=C\C(=O)O)NNC(=O)/C=C\C(=O)O)c1)NC(=O)c1csc([C@@H](C[C@H](C(C)C)N(C)C(=O)[C@@H](CC(=O)[C@H]2CCCCN2C)[C@@H](C)CC)OC(C)=O)n1.O=C=O. The largest absolute Gasteiger partial charge is 0.506 e. The number of carboxylic acids is 2. The summed E-state index contributed by atoms with van der Waals surface area (Å²) in [7, 11) is -0.384. The summed E-state index contributed by atoms with van der Waals surface area (Å²) < 4.78 is 30.0. The Kier molecular flexibility index (Phi) is 33.7. The van der Waals surface area contributed by atoms with Gasteiger partial charge in [0.05, 0.1) is 44.6 Å². The van der Waals surface area contributed by atoms with Crippen molar-refractivity contribution in [2.24, 2.45) is 17.8 Å². The van der Waals surface area contributed by atoms with Gasteiger partial charge in [-0.15, -0.1) is 11.3 Å². The first-order chi connectivity index (χ1) is 39.8. The smallest absolute Gasteiger partial charge is 0.373 e. The highest BCUT2D eigenvalue weighted by Crippen LogP contribution is 2.34. The van der Waals surface area contributed by atoms with Crippen molar-refractivity contribution in [3.63, 3.8) is 0 Å². The number of thiazole rings is 1. The van der Waals surface area contributed by atoms with Crippen molar-refractivity contribution in [3.05, 3.63) is 64.1 Å². The molecule has 30 heteroatoms. The van der Waals surface area contributed by atoms with Crippen molar-refractivity contribution in [3.8, 4) is 5.75 Å². The molecular weight excluding hydrogens is 1140 g/mol. The number of benzene rings is 1. The molecule has 0 unspecified atom stereocenters. The number of aliphatic carboxylic acids is 2. The van der Waals surface area contributed by atoms with Crippen molar-refractivity contribution in [2.45, 2.75) is 130 Å². The van der Waals surface area contributed by atoms with Gasteiger partial charge in [-0.2, -0.15) is 20.0 Å². The number of piperidine rings is 1. The maximum absolute atomic E-state index is 14.4. The van der Waals surface area contributed by atoms with Crippen molar-refractivity contribution in [2.75, 3.05) is 58.9 Å². The van der Waals surface area contributed by atoms with Crippen LogP contribution in [0.4, 0.5) is 5.69 Å². The Morgan fingerprint density at radius 2 is 1.54 bits per heavy atom. The second-order valence-corrected chi connectivity index (χ2v) is 22.9. The highest BCUT2D eigenvalue weighted by molar-refractivity contribution is 7.57. The molecule has 6 atom stereocenters. The van der Waals surface area contributed by atoms with E-state index in [1.165, 1.54) is 24.3 Å². The molecule has 2 heterocycles. The average Bonchev–Trinajstić information content (AvgIpc) is 4.05. The van der Waals surface area contributed by atoms with E-state index in [0.717, 1.165) is 32.2 Å². The number of aromatic nitrogens is 1. The number of aromatic hydroxyl groups is 1. The number of phenols is 1. The minimum absolute atomic E-state index is 0.0246. The van der Waals surface area contributed by atoms with Gasteiger partial charge in [0.15, 0.2) is 11.9 Å². The highest BCUT2D eigenvalue weighted by Gasteiger charge is 2.38. The van der Waals surface area contributed by atoms with Crippen molar-refractivity contribution < 1.29 is 86.8 Å². The fourth-order valence-electron chi connectivity index (χ4n) is 8.77. The average molecular weight is 1220 g/mol. The number of hydrogen-bond acceptors (Lipinski definition) is 19. The van der Waals surface area contributed by atoms with Crippen LogP contribution >= 0.6 is 18.9 Å². The molecule has 1 aromatic heterocycles. The van der Waals surface area contributed by atoms with E-state index in [4.69, 9.17) is 34.0 Å². The van der Waals surface area contributed by atoms with E-state index in [9.17, 15) is 52.8 Å². The summed E-state index contributed by atoms with van der Waals surface area (Å²) in [6, 6.07) is 3.74. The fraction of sp³-hybridized carbons (Fsp3) is 0.574. The normalized spacial score (nSPS) is 15.3. The summed E-state index contributed by atoms with van der Waals surface area (Å²) in [5.41, 5.74) is 4.92. The number of Topliss-reactive ketones (excluding diaryl/α,β-unsaturated/α-hetero) is 1. The molecule has 466 valence electrons. The van der Waals surface area contributed by atoms with Gasteiger partial charge >= 0.3 is 31.7 Å². The highest BCUT2D eigenvalue weighted by atomic mass is 32.1. The van der Waals surface area contributed by atoms with Crippen LogP contribution in [0.15, 0.2) is 47.9 Å². The molecule has 1 fully saturated rings. The first-order valence-corrected chi connectivity index (χ1v) is 29.9. The van der Waals surface area contributed by atoms with E-state index in [2.05, 4.69) is 36.0 Å². The van der Waals surface area contributed by atoms with E-state index in [1.54, 1.807) is 29.5 Å². The number of rotatable bonds is 37. The number of hydrazine groups is 2. The molecule has 1 aliphatic heterocycles. The number of phenolic OH excluding ortho intramolecular Hbond substituents is 1. The van der Waals surface area contributed by atoms with Gasteiger partial charge < -0.3 is 45.1 Å². The molecule has 0 saturated carbocycles. The van der Waals surface area contributed by atoms with E-state index < -0.39 is 67.2 Å². The number of carboxylic acid groups (broad SMARTS) is 2. The Morgan fingerprint density at radius 1 is 0.917 bits per heavy atom. The number of ether oxygens (including phenoxy) is 3. The molecule has 2 aromatic rings. The lowest BCUT2D eigenvalue weighted by Crippen LogP contribution is -2.48. The molecule has 3 rings (SSSR count).